The highest BCUT2D eigenvalue weighted by molar-refractivity contribution is 5.77. The van der Waals surface area contributed by atoms with Crippen molar-refractivity contribution in [2.24, 2.45) is 0 Å². The Morgan fingerprint density at radius 1 is 0.543 bits per heavy atom. The summed E-state index contributed by atoms with van der Waals surface area (Å²) >= 11 is 0. The van der Waals surface area contributed by atoms with Gasteiger partial charge < -0.3 is 20.3 Å². The van der Waals surface area contributed by atoms with E-state index in [0.29, 0.717) is 19.3 Å². The maximum atomic E-state index is 13.0. The van der Waals surface area contributed by atoms with Crippen molar-refractivity contribution in [1.29, 1.82) is 0 Å². The van der Waals surface area contributed by atoms with E-state index in [1.54, 1.807) is 0 Å². The molecule has 3 unspecified atom stereocenters. The van der Waals surface area contributed by atoms with E-state index in [2.05, 4.69) is 26.1 Å². The third kappa shape index (κ3) is 30.2. The summed E-state index contributed by atoms with van der Waals surface area (Å²) in [6.07, 6.45) is 33.1. The Balaban J connectivity index is 4.54. The number of carbonyl (C=O) groups excluding carboxylic acids is 2. The summed E-state index contributed by atoms with van der Waals surface area (Å²) in [4.78, 5) is 25.7. The molecule has 0 aromatic heterocycles. The highest BCUT2D eigenvalue weighted by Crippen LogP contribution is 2.17. The SMILES string of the molecule is CCCCCCCCCCCCC(=O)OC(CCCCCCCCCC)CC(=O)NC(CO)C(O)CCCCCCCCCCC. The van der Waals surface area contributed by atoms with Gasteiger partial charge in [-0.1, -0.05) is 181 Å². The lowest BCUT2D eigenvalue weighted by molar-refractivity contribution is -0.151. The minimum Gasteiger partial charge on any atom is -0.462 e. The Kier molecular flexibility index (Phi) is 34.3. The number of hydrogen-bond donors (Lipinski definition) is 3. The fourth-order valence-corrected chi connectivity index (χ4v) is 6.31. The first-order valence-corrected chi connectivity index (χ1v) is 20.3. The smallest absolute Gasteiger partial charge is 0.306 e. The molecule has 274 valence electrons. The third-order valence-corrected chi connectivity index (χ3v) is 9.44. The van der Waals surface area contributed by atoms with Gasteiger partial charge in [-0.2, -0.15) is 0 Å². The van der Waals surface area contributed by atoms with Crippen LogP contribution in [0, 0.1) is 0 Å². The predicted molar refractivity (Wildman–Crippen MR) is 195 cm³/mol. The maximum absolute atomic E-state index is 13.0. The molecular formula is C40H79NO5. The average Bonchev–Trinajstić information content (AvgIpc) is 3.04. The summed E-state index contributed by atoms with van der Waals surface area (Å²) in [6, 6.07) is -0.687. The number of aliphatic hydroxyl groups excluding tert-OH is 2. The van der Waals surface area contributed by atoms with Crippen molar-refractivity contribution >= 4 is 11.9 Å². The van der Waals surface area contributed by atoms with Gasteiger partial charge in [0.05, 0.1) is 25.2 Å². The molecule has 3 atom stereocenters. The number of carbonyl (C=O) groups is 2. The topological polar surface area (TPSA) is 95.9 Å². The fourth-order valence-electron chi connectivity index (χ4n) is 6.31. The number of unbranched alkanes of at least 4 members (excludes halogenated alkanes) is 24. The van der Waals surface area contributed by atoms with E-state index >= 15 is 0 Å². The molecule has 3 N–H and O–H groups in total. The van der Waals surface area contributed by atoms with Gasteiger partial charge in [-0.15, -0.1) is 0 Å². The van der Waals surface area contributed by atoms with Crippen LogP contribution >= 0.6 is 0 Å². The predicted octanol–water partition coefficient (Wildman–Crippen LogP) is 10.9. The zero-order valence-corrected chi connectivity index (χ0v) is 31.0. The van der Waals surface area contributed by atoms with Crippen molar-refractivity contribution < 1.29 is 24.5 Å². The first-order valence-electron chi connectivity index (χ1n) is 20.3. The van der Waals surface area contributed by atoms with E-state index in [9.17, 15) is 19.8 Å². The monoisotopic (exact) mass is 654 g/mol. The van der Waals surface area contributed by atoms with Crippen molar-refractivity contribution in [3.05, 3.63) is 0 Å². The highest BCUT2D eigenvalue weighted by atomic mass is 16.5. The van der Waals surface area contributed by atoms with Gasteiger partial charge in [0.15, 0.2) is 0 Å². The molecule has 0 radical (unpaired) electrons. The molecule has 0 saturated carbocycles. The van der Waals surface area contributed by atoms with Gasteiger partial charge >= 0.3 is 5.97 Å². The van der Waals surface area contributed by atoms with Gasteiger partial charge in [-0.25, -0.2) is 0 Å². The first-order chi connectivity index (χ1) is 22.5. The highest BCUT2D eigenvalue weighted by Gasteiger charge is 2.24. The second-order valence-electron chi connectivity index (χ2n) is 14.1. The maximum Gasteiger partial charge on any atom is 0.306 e. The van der Waals surface area contributed by atoms with Crippen LogP contribution in [0.15, 0.2) is 0 Å². The normalized spacial score (nSPS) is 13.4. The molecule has 0 spiro atoms. The Morgan fingerprint density at radius 3 is 1.33 bits per heavy atom. The first kappa shape index (κ1) is 44.9. The van der Waals surface area contributed by atoms with E-state index in [0.717, 1.165) is 44.9 Å². The lowest BCUT2D eigenvalue weighted by Crippen LogP contribution is -2.46. The molecule has 1 amide bonds. The van der Waals surface area contributed by atoms with Crippen LogP contribution < -0.4 is 5.32 Å². The molecule has 0 aliphatic heterocycles. The lowest BCUT2D eigenvalue weighted by atomic mass is 10.0. The Bertz CT molecular complexity index is 658. The molecule has 0 saturated heterocycles. The molecule has 6 nitrogen and oxygen atoms in total. The molecule has 0 rings (SSSR count). The summed E-state index contributed by atoms with van der Waals surface area (Å²) in [5, 5.41) is 23.4. The molecule has 0 aliphatic carbocycles. The van der Waals surface area contributed by atoms with Crippen molar-refractivity contribution in [3.63, 3.8) is 0 Å². The van der Waals surface area contributed by atoms with Crippen LogP contribution in [0.4, 0.5) is 0 Å². The van der Waals surface area contributed by atoms with E-state index in [4.69, 9.17) is 4.74 Å². The number of hydrogen-bond acceptors (Lipinski definition) is 5. The van der Waals surface area contributed by atoms with Crippen LogP contribution in [0.2, 0.25) is 0 Å². The second-order valence-corrected chi connectivity index (χ2v) is 14.1. The summed E-state index contributed by atoms with van der Waals surface area (Å²) in [7, 11) is 0. The fraction of sp³-hybridized carbons (Fsp3) is 0.950. The van der Waals surface area contributed by atoms with Gasteiger partial charge in [-0.05, 0) is 25.7 Å². The van der Waals surface area contributed by atoms with Crippen LogP contribution in [-0.2, 0) is 14.3 Å². The lowest BCUT2D eigenvalue weighted by Gasteiger charge is -2.24. The Morgan fingerprint density at radius 2 is 0.913 bits per heavy atom. The Labute approximate surface area is 286 Å². The molecule has 0 aromatic carbocycles. The minimum atomic E-state index is -0.774. The van der Waals surface area contributed by atoms with Gasteiger partial charge in [0.1, 0.15) is 6.10 Å². The number of rotatable bonds is 36. The van der Waals surface area contributed by atoms with Crippen LogP contribution in [0.1, 0.15) is 220 Å². The third-order valence-electron chi connectivity index (χ3n) is 9.44. The quantitative estimate of drug-likeness (QED) is 0.0462. The van der Waals surface area contributed by atoms with Gasteiger partial charge in [-0.3, -0.25) is 9.59 Å². The summed E-state index contributed by atoms with van der Waals surface area (Å²) < 4.78 is 5.85. The van der Waals surface area contributed by atoms with Gasteiger partial charge in [0.25, 0.3) is 0 Å². The summed E-state index contributed by atoms with van der Waals surface area (Å²) in [5.41, 5.74) is 0. The van der Waals surface area contributed by atoms with E-state index in [1.807, 2.05) is 0 Å². The molecule has 0 aliphatic rings. The number of aliphatic hydroxyl groups is 2. The zero-order valence-electron chi connectivity index (χ0n) is 31.0. The van der Waals surface area contributed by atoms with E-state index in [1.165, 1.54) is 128 Å². The molecular weight excluding hydrogens is 574 g/mol. The van der Waals surface area contributed by atoms with Crippen LogP contribution in [-0.4, -0.2) is 46.9 Å². The largest absolute Gasteiger partial charge is 0.462 e. The van der Waals surface area contributed by atoms with Crippen molar-refractivity contribution in [3.8, 4) is 0 Å². The van der Waals surface area contributed by atoms with Gasteiger partial charge in [0.2, 0.25) is 5.91 Å². The van der Waals surface area contributed by atoms with E-state index in [-0.39, 0.29) is 24.9 Å². The molecule has 0 heterocycles. The van der Waals surface area contributed by atoms with Crippen molar-refractivity contribution in [2.75, 3.05) is 6.61 Å². The molecule has 0 fully saturated rings. The number of nitrogens with one attached hydrogen (secondary N) is 1. The summed E-state index contributed by atoms with van der Waals surface area (Å²) in [5.74, 6) is -0.470. The Hall–Kier alpha value is -1.14. The van der Waals surface area contributed by atoms with Crippen LogP contribution in [0.3, 0.4) is 0 Å². The average molecular weight is 654 g/mol. The molecule has 6 heteroatoms. The number of amides is 1. The van der Waals surface area contributed by atoms with Crippen molar-refractivity contribution in [2.45, 2.75) is 238 Å². The molecule has 0 aromatic rings. The van der Waals surface area contributed by atoms with Gasteiger partial charge in [0, 0.05) is 6.42 Å². The van der Waals surface area contributed by atoms with Crippen molar-refractivity contribution in [1.82, 2.24) is 5.32 Å². The second kappa shape index (κ2) is 35.2. The van der Waals surface area contributed by atoms with Crippen LogP contribution in [0.5, 0.6) is 0 Å². The van der Waals surface area contributed by atoms with Crippen LogP contribution in [0.25, 0.3) is 0 Å². The number of esters is 1. The summed E-state index contributed by atoms with van der Waals surface area (Å²) in [6.45, 7) is 6.41. The molecule has 0 bridgehead atoms. The van der Waals surface area contributed by atoms with E-state index < -0.39 is 18.2 Å². The molecule has 46 heavy (non-hydrogen) atoms. The minimum absolute atomic E-state index is 0.0848. The number of ether oxygens (including phenoxy) is 1. The standard InChI is InChI=1S/C40H79NO5/c1-4-7-10-13-16-19-21-24-27-30-33-40(45)46-36(31-28-25-22-18-15-12-9-6-3)34-39(44)41-37(35-42)38(43)32-29-26-23-20-17-14-11-8-5-2/h36-38,42-43H,4-35H2,1-3H3,(H,41,44). The zero-order chi connectivity index (χ0) is 33.9.